The predicted molar refractivity (Wildman–Crippen MR) is 93.9 cm³/mol. The van der Waals surface area contributed by atoms with Crippen LogP contribution in [0.2, 0.25) is 0 Å². The van der Waals surface area contributed by atoms with Crippen LogP contribution in [0.4, 0.5) is 0 Å². The Hall–Kier alpha value is -2.34. The van der Waals surface area contributed by atoms with Crippen molar-refractivity contribution < 1.29 is 19.1 Å². The van der Waals surface area contributed by atoms with Crippen LogP contribution in [-0.2, 0) is 14.3 Å². The van der Waals surface area contributed by atoms with Crippen LogP contribution in [-0.4, -0.2) is 61.6 Å². The Bertz CT molecular complexity index is 675. The van der Waals surface area contributed by atoms with Gasteiger partial charge in [0.25, 0.3) is 11.8 Å². The molecule has 0 bridgehead atoms. The van der Waals surface area contributed by atoms with Gasteiger partial charge >= 0.3 is 0 Å². The fourth-order valence-electron chi connectivity index (χ4n) is 3.33. The molecule has 6 nitrogen and oxygen atoms in total. The molecule has 3 rings (SSSR count). The van der Waals surface area contributed by atoms with Gasteiger partial charge in [-0.15, -0.1) is 0 Å². The minimum atomic E-state index is -0.242. The van der Waals surface area contributed by atoms with Crippen LogP contribution in [0.1, 0.15) is 25.3 Å². The molecule has 2 heterocycles. The number of likely N-dealkylation sites (tertiary alicyclic amines) is 1. The fraction of sp³-hybridized carbons (Fsp3) is 0.474. The van der Waals surface area contributed by atoms with Gasteiger partial charge in [0.15, 0.2) is 0 Å². The molecule has 0 N–H and O–H groups in total. The lowest BCUT2D eigenvalue weighted by atomic mass is 10.0. The zero-order chi connectivity index (χ0) is 17.8. The zero-order valence-electron chi connectivity index (χ0n) is 14.8. The van der Waals surface area contributed by atoms with Crippen LogP contribution < -0.4 is 4.74 Å². The van der Waals surface area contributed by atoms with E-state index in [1.54, 1.807) is 7.11 Å². The number of amides is 2. The highest BCUT2D eigenvalue weighted by atomic mass is 16.5. The van der Waals surface area contributed by atoms with E-state index in [4.69, 9.17) is 9.47 Å². The molecule has 0 atom stereocenters. The highest BCUT2D eigenvalue weighted by Crippen LogP contribution is 2.33. The van der Waals surface area contributed by atoms with Gasteiger partial charge in [0.05, 0.1) is 25.3 Å². The third-order valence-corrected chi connectivity index (χ3v) is 4.54. The lowest BCUT2D eigenvalue weighted by Gasteiger charge is -2.20. The quantitative estimate of drug-likeness (QED) is 0.707. The number of rotatable bonds is 7. The van der Waals surface area contributed by atoms with Crippen molar-refractivity contribution in [1.29, 1.82) is 0 Å². The molecule has 0 radical (unpaired) electrons. The summed E-state index contributed by atoms with van der Waals surface area (Å²) in [5, 5.41) is 0. The van der Waals surface area contributed by atoms with Crippen molar-refractivity contribution in [1.82, 2.24) is 9.80 Å². The first-order valence-electron chi connectivity index (χ1n) is 8.75. The van der Waals surface area contributed by atoms with Gasteiger partial charge in [-0.3, -0.25) is 14.5 Å². The Morgan fingerprint density at radius 2 is 1.72 bits per heavy atom. The molecule has 1 aromatic carbocycles. The summed E-state index contributed by atoms with van der Waals surface area (Å²) in [4.78, 5) is 29.2. The molecule has 6 heteroatoms. The van der Waals surface area contributed by atoms with Crippen molar-refractivity contribution in [2.75, 3.05) is 40.0 Å². The Balaban J connectivity index is 1.97. The van der Waals surface area contributed by atoms with Crippen LogP contribution in [0, 0.1) is 0 Å². The van der Waals surface area contributed by atoms with Crippen molar-refractivity contribution in [2.24, 2.45) is 0 Å². The second-order valence-electron chi connectivity index (χ2n) is 6.13. The molecule has 1 aromatic rings. The molecular formula is C19H24N2O4. The van der Waals surface area contributed by atoms with Crippen LogP contribution in [0.15, 0.2) is 30.0 Å². The number of ether oxygens (including phenoxy) is 2. The van der Waals surface area contributed by atoms with Gasteiger partial charge in [0.2, 0.25) is 0 Å². The van der Waals surface area contributed by atoms with E-state index >= 15 is 0 Å². The van der Waals surface area contributed by atoms with Crippen LogP contribution in [0.25, 0.3) is 5.57 Å². The number of carbonyl (C=O) groups excluding carboxylic acids is 2. The Kier molecular flexibility index (Phi) is 5.38. The van der Waals surface area contributed by atoms with Gasteiger partial charge < -0.3 is 14.4 Å². The molecule has 1 fully saturated rings. The number of imide groups is 1. The predicted octanol–water partition coefficient (Wildman–Crippen LogP) is 1.91. The number of benzene rings is 1. The van der Waals surface area contributed by atoms with E-state index in [9.17, 15) is 9.59 Å². The van der Waals surface area contributed by atoms with Crippen molar-refractivity contribution in [3.8, 4) is 5.75 Å². The number of methoxy groups -OCH3 is 1. The van der Waals surface area contributed by atoms with Crippen LogP contribution >= 0.6 is 0 Å². The fourth-order valence-corrected chi connectivity index (χ4v) is 3.33. The first-order chi connectivity index (χ1) is 12.2. The summed E-state index contributed by atoms with van der Waals surface area (Å²) >= 11 is 0. The first kappa shape index (κ1) is 17.5. The summed E-state index contributed by atoms with van der Waals surface area (Å²) in [7, 11) is 1.56. The summed E-state index contributed by atoms with van der Waals surface area (Å²) in [5.41, 5.74) is 1.78. The minimum Gasteiger partial charge on any atom is -0.494 e. The van der Waals surface area contributed by atoms with E-state index in [0.29, 0.717) is 24.5 Å². The van der Waals surface area contributed by atoms with Gasteiger partial charge in [-0.1, -0.05) is 12.1 Å². The molecule has 2 aliphatic heterocycles. The van der Waals surface area contributed by atoms with Crippen molar-refractivity contribution in [3.05, 3.63) is 35.5 Å². The maximum atomic E-state index is 12.9. The summed E-state index contributed by atoms with van der Waals surface area (Å²) in [6.07, 6.45) is 2.08. The molecular weight excluding hydrogens is 320 g/mol. The molecule has 2 aliphatic rings. The monoisotopic (exact) mass is 344 g/mol. The van der Waals surface area contributed by atoms with Gasteiger partial charge in [0.1, 0.15) is 11.4 Å². The van der Waals surface area contributed by atoms with E-state index in [1.165, 1.54) is 4.90 Å². The SMILES string of the molecule is CCOc1ccc(C2=C(N3CCCC3)C(=O)N(CCOC)C2=O)cc1. The Morgan fingerprint density at radius 3 is 2.32 bits per heavy atom. The molecule has 0 aromatic heterocycles. The molecule has 2 amide bonds. The molecule has 0 saturated carbocycles. The third-order valence-electron chi connectivity index (χ3n) is 4.54. The maximum Gasteiger partial charge on any atom is 0.277 e. The van der Waals surface area contributed by atoms with Crippen molar-refractivity contribution in [3.63, 3.8) is 0 Å². The number of nitrogens with zero attached hydrogens (tertiary/aromatic N) is 2. The lowest BCUT2D eigenvalue weighted by molar-refractivity contribution is -0.138. The lowest BCUT2D eigenvalue weighted by Crippen LogP contribution is -2.36. The van der Waals surface area contributed by atoms with Crippen LogP contribution in [0.5, 0.6) is 5.75 Å². The molecule has 0 unspecified atom stereocenters. The standard InChI is InChI=1S/C19H24N2O4/c1-3-25-15-8-6-14(7-9-15)16-17(20-10-4-5-11-20)19(23)21(18(16)22)12-13-24-2/h6-9H,3-5,10-13H2,1-2H3. The second-order valence-corrected chi connectivity index (χ2v) is 6.13. The molecule has 134 valence electrons. The highest BCUT2D eigenvalue weighted by Gasteiger charge is 2.41. The third kappa shape index (κ3) is 3.39. The van der Waals surface area contributed by atoms with E-state index in [1.807, 2.05) is 36.1 Å². The van der Waals surface area contributed by atoms with E-state index < -0.39 is 0 Å². The minimum absolute atomic E-state index is 0.215. The number of hydrogen-bond acceptors (Lipinski definition) is 5. The number of carbonyl (C=O) groups is 2. The average molecular weight is 344 g/mol. The van der Waals surface area contributed by atoms with Crippen LogP contribution in [0.3, 0.4) is 0 Å². The summed E-state index contributed by atoms with van der Waals surface area (Å²) < 4.78 is 10.5. The van der Waals surface area contributed by atoms with Gasteiger partial charge in [-0.2, -0.15) is 0 Å². The van der Waals surface area contributed by atoms with Gasteiger partial charge in [-0.25, -0.2) is 0 Å². The van der Waals surface area contributed by atoms with Gasteiger partial charge in [0, 0.05) is 20.2 Å². The van der Waals surface area contributed by atoms with E-state index in [0.717, 1.165) is 37.2 Å². The second kappa shape index (κ2) is 7.70. The maximum absolute atomic E-state index is 12.9. The Morgan fingerprint density at radius 1 is 1.04 bits per heavy atom. The first-order valence-corrected chi connectivity index (χ1v) is 8.75. The summed E-state index contributed by atoms with van der Waals surface area (Å²) in [6, 6.07) is 7.37. The Labute approximate surface area is 148 Å². The molecule has 0 spiro atoms. The van der Waals surface area contributed by atoms with Crippen molar-refractivity contribution >= 4 is 17.4 Å². The normalized spacial score (nSPS) is 17.8. The molecule has 0 aliphatic carbocycles. The number of hydrogen-bond donors (Lipinski definition) is 0. The van der Waals surface area contributed by atoms with E-state index in [-0.39, 0.29) is 18.4 Å². The highest BCUT2D eigenvalue weighted by molar-refractivity contribution is 6.35. The topological polar surface area (TPSA) is 59.1 Å². The summed E-state index contributed by atoms with van der Waals surface area (Å²) in [6.45, 7) is 4.74. The largest absolute Gasteiger partial charge is 0.494 e. The summed E-state index contributed by atoms with van der Waals surface area (Å²) in [5.74, 6) is 0.295. The average Bonchev–Trinajstić information content (AvgIpc) is 3.22. The van der Waals surface area contributed by atoms with E-state index in [2.05, 4.69) is 0 Å². The zero-order valence-corrected chi connectivity index (χ0v) is 14.8. The van der Waals surface area contributed by atoms with Gasteiger partial charge in [-0.05, 0) is 37.5 Å². The smallest absolute Gasteiger partial charge is 0.277 e. The van der Waals surface area contributed by atoms with Crippen molar-refractivity contribution in [2.45, 2.75) is 19.8 Å². The molecule has 1 saturated heterocycles. The molecule has 25 heavy (non-hydrogen) atoms.